The van der Waals surface area contributed by atoms with Gasteiger partial charge in [-0.3, -0.25) is 0 Å². The van der Waals surface area contributed by atoms with E-state index in [1.165, 1.54) is 0 Å². The van der Waals surface area contributed by atoms with Crippen LogP contribution in [0.2, 0.25) is 5.15 Å². The Balaban J connectivity index is 0.00000112. The van der Waals surface area contributed by atoms with Crippen molar-refractivity contribution in [3.63, 3.8) is 0 Å². The lowest BCUT2D eigenvalue weighted by Gasteiger charge is -2.23. The van der Waals surface area contributed by atoms with Crippen molar-refractivity contribution in [1.29, 1.82) is 0 Å². The van der Waals surface area contributed by atoms with Crippen molar-refractivity contribution in [2.75, 3.05) is 13.1 Å². The highest BCUT2D eigenvalue weighted by molar-refractivity contribution is 6.29. The number of hydrogen-bond donors (Lipinski definition) is 1. The fourth-order valence-electron chi connectivity index (χ4n) is 1.54. The number of halogens is 3. The van der Waals surface area contributed by atoms with Gasteiger partial charge in [-0.15, -0.1) is 24.8 Å². The molecule has 2 heterocycles. The number of aromatic nitrogens is 1. The van der Waals surface area contributed by atoms with Crippen molar-refractivity contribution in [1.82, 2.24) is 10.3 Å². The minimum absolute atomic E-state index is 0. The molecule has 0 bridgehead atoms. The molecule has 0 aromatic carbocycles. The first-order chi connectivity index (χ1) is 6.84. The Morgan fingerprint density at radius 1 is 1.25 bits per heavy atom. The highest BCUT2D eigenvalue weighted by Crippen LogP contribution is 2.16. The van der Waals surface area contributed by atoms with Crippen LogP contribution in [-0.2, 0) is 0 Å². The summed E-state index contributed by atoms with van der Waals surface area (Å²) in [6.07, 6.45) is 4.11. The van der Waals surface area contributed by atoms with E-state index in [1.807, 2.05) is 6.07 Å². The van der Waals surface area contributed by atoms with Crippen LogP contribution in [0.15, 0.2) is 18.3 Å². The van der Waals surface area contributed by atoms with E-state index in [0.717, 1.165) is 31.7 Å². The van der Waals surface area contributed by atoms with Crippen LogP contribution in [-0.4, -0.2) is 24.2 Å². The monoisotopic (exact) mass is 284 g/mol. The molecule has 1 aromatic rings. The smallest absolute Gasteiger partial charge is 0.138 e. The van der Waals surface area contributed by atoms with Gasteiger partial charge in [-0.05, 0) is 38.1 Å². The normalized spacial score (nSPS) is 15.8. The number of pyridine rings is 1. The third-order valence-electron chi connectivity index (χ3n) is 2.29. The summed E-state index contributed by atoms with van der Waals surface area (Å²) in [5.74, 6) is 0.807. The maximum atomic E-state index is 5.75. The van der Waals surface area contributed by atoms with Gasteiger partial charge in [-0.25, -0.2) is 4.98 Å². The van der Waals surface area contributed by atoms with Gasteiger partial charge in [0.15, 0.2) is 0 Å². The molecule has 0 saturated carbocycles. The lowest BCUT2D eigenvalue weighted by Crippen LogP contribution is -2.34. The molecule has 0 unspecified atom stereocenters. The molecular formula is C10H15Cl3N2O. The van der Waals surface area contributed by atoms with Gasteiger partial charge in [-0.1, -0.05) is 11.6 Å². The quantitative estimate of drug-likeness (QED) is 0.849. The van der Waals surface area contributed by atoms with Gasteiger partial charge in [0.05, 0.1) is 6.20 Å². The van der Waals surface area contributed by atoms with Crippen LogP contribution < -0.4 is 10.1 Å². The van der Waals surface area contributed by atoms with Crippen LogP contribution in [0.1, 0.15) is 12.8 Å². The van der Waals surface area contributed by atoms with Crippen LogP contribution >= 0.6 is 36.4 Å². The van der Waals surface area contributed by atoms with Crippen molar-refractivity contribution in [3.8, 4) is 5.75 Å². The van der Waals surface area contributed by atoms with E-state index in [4.69, 9.17) is 16.3 Å². The topological polar surface area (TPSA) is 34.1 Å². The van der Waals surface area contributed by atoms with Crippen LogP contribution in [0.4, 0.5) is 0 Å². The zero-order valence-corrected chi connectivity index (χ0v) is 11.1. The zero-order valence-electron chi connectivity index (χ0n) is 8.69. The average Bonchev–Trinajstić information content (AvgIpc) is 2.23. The number of piperidine rings is 1. The summed E-state index contributed by atoms with van der Waals surface area (Å²) in [6, 6.07) is 3.61. The van der Waals surface area contributed by atoms with Gasteiger partial charge in [-0.2, -0.15) is 0 Å². The summed E-state index contributed by atoms with van der Waals surface area (Å²) in [5.41, 5.74) is 0. The summed E-state index contributed by atoms with van der Waals surface area (Å²) in [7, 11) is 0. The fourth-order valence-corrected chi connectivity index (χ4v) is 1.65. The molecule has 1 aliphatic heterocycles. The largest absolute Gasteiger partial charge is 0.489 e. The van der Waals surface area contributed by atoms with Gasteiger partial charge < -0.3 is 10.1 Å². The predicted molar refractivity (Wildman–Crippen MR) is 70.3 cm³/mol. The lowest BCUT2D eigenvalue weighted by molar-refractivity contribution is 0.162. The first kappa shape index (κ1) is 15.8. The molecule has 1 fully saturated rings. The molecule has 1 aliphatic rings. The molecule has 0 radical (unpaired) electrons. The van der Waals surface area contributed by atoms with E-state index in [2.05, 4.69) is 10.3 Å². The number of ether oxygens (including phenoxy) is 1. The van der Waals surface area contributed by atoms with Crippen LogP contribution in [0.3, 0.4) is 0 Å². The molecule has 16 heavy (non-hydrogen) atoms. The Bertz CT molecular complexity index is 289. The molecule has 0 spiro atoms. The van der Waals surface area contributed by atoms with Gasteiger partial charge in [0.25, 0.3) is 0 Å². The molecule has 1 saturated heterocycles. The van der Waals surface area contributed by atoms with Crippen LogP contribution in [0.5, 0.6) is 5.75 Å². The summed E-state index contributed by atoms with van der Waals surface area (Å²) in [4.78, 5) is 3.97. The third kappa shape index (κ3) is 4.74. The highest BCUT2D eigenvalue weighted by atomic mass is 35.5. The molecule has 1 N–H and O–H groups in total. The van der Waals surface area contributed by atoms with Gasteiger partial charge in [0.1, 0.15) is 17.0 Å². The molecule has 6 heteroatoms. The number of nitrogens with one attached hydrogen (secondary N) is 1. The van der Waals surface area contributed by atoms with Gasteiger partial charge in [0.2, 0.25) is 0 Å². The summed E-state index contributed by atoms with van der Waals surface area (Å²) in [5, 5.41) is 3.80. The Morgan fingerprint density at radius 2 is 1.94 bits per heavy atom. The SMILES string of the molecule is Cl.Cl.Clc1ccc(OC2CCNCC2)cn1. The van der Waals surface area contributed by atoms with Crippen molar-refractivity contribution < 1.29 is 4.74 Å². The summed E-state index contributed by atoms with van der Waals surface area (Å²) < 4.78 is 5.75. The number of rotatable bonds is 2. The fraction of sp³-hybridized carbons (Fsp3) is 0.500. The van der Waals surface area contributed by atoms with E-state index < -0.39 is 0 Å². The second-order valence-corrected chi connectivity index (χ2v) is 3.77. The van der Waals surface area contributed by atoms with Crippen LogP contribution in [0.25, 0.3) is 0 Å². The van der Waals surface area contributed by atoms with Crippen LogP contribution in [0, 0.1) is 0 Å². The van der Waals surface area contributed by atoms with E-state index in [0.29, 0.717) is 11.3 Å². The molecule has 3 nitrogen and oxygen atoms in total. The van der Waals surface area contributed by atoms with E-state index >= 15 is 0 Å². The van der Waals surface area contributed by atoms with Crippen molar-refractivity contribution in [3.05, 3.63) is 23.5 Å². The molecule has 92 valence electrons. The average molecular weight is 286 g/mol. The lowest BCUT2D eigenvalue weighted by atomic mass is 10.1. The van der Waals surface area contributed by atoms with E-state index in [1.54, 1.807) is 12.3 Å². The summed E-state index contributed by atoms with van der Waals surface area (Å²) >= 11 is 5.68. The first-order valence-corrected chi connectivity index (χ1v) is 5.21. The maximum Gasteiger partial charge on any atom is 0.138 e. The van der Waals surface area contributed by atoms with Gasteiger partial charge >= 0.3 is 0 Å². The Hall–Kier alpha value is -0.220. The van der Waals surface area contributed by atoms with Crippen molar-refractivity contribution >= 4 is 36.4 Å². The second-order valence-electron chi connectivity index (χ2n) is 3.38. The maximum absolute atomic E-state index is 5.75. The molecule has 2 rings (SSSR count). The van der Waals surface area contributed by atoms with Gasteiger partial charge in [0, 0.05) is 0 Å². The Morgan fingerprint density at radius 3 is 2.50 bits per heavy atom. The highest BCUT2D eigenvalue weighted by Gasteiger charge is 2.14. The van der Waals surface area contributed by atoms with Crippen molar-refractivity contribution in [2.45, 2.75) is 18.9 Å². The minimum Gasteiger partial charge on any atom is -0.489 e. The Labute approximate surface area is 113 Å². The molecule has 0 amide bonds. The first-order valence-electron chi connectivity index (χ1n) is 4.83. The molecule has 0 atom stereocenters. The third-order valence-corrected chi connectivity index (χ3v) is 2.51. The molecular weight excluding hydrogens is 270 g/mol. The number of nitrogens with zero attached hydrogens (tertiary/aromatic N) is 1. The van der Waals surface area contributed by atoms with Crippen molar-refractivity contribution in [2.24, 2.45) is 0 Å². The summed E-state index contributed by atoms with van der Waals surface area (Å²) in [6.45, 7) is 2.07. The number of hydrogen-bond acceptors (Lipinski definition) is 3. The van der Waals surface area contributed by atoms with E-state index in [9.17, 15) is 0 Å². The predicted octanol–water partition coefficient (Wildman–Crippen LogP) is 2.71. The standard InChI is InChI=1S/C10H13ClN2O.2ClH/c11-10-2-1-9(7-13-10)14-8-3-5-12-6-4-8;;/h1-2,7-8,12H,3-6H2;2*1H. The van der Waals surface area contributed by atoms with E-state index in [-0.39, 0.29) is 24.8 Å². The molecule has 1 aromatic heterocycles. The second kappa shape index (κ2) is 7.96. The Kier molecular flexibility index (Phi) is 7.85. The molecule has 0 aliphatic carbocycles. The zero-order chi connectivity index (χ0) is 9.80. The minimum atomic E-state index is 0.